The SMILES string of the molecule is CC1(C)c2cnc(NC3CCOCC3)nc2CN1C(=O)CCc1ccccc1F. The van der Waals surface area contributed by atoms with Crippen LogP contribution in [0.2, 0.25) is 0 Å². The summed E-state index contributed by atoms with van der Waals surface area (Å²) in [5.41, 5.74) is 1.92. The first-order valence-corrected chi connectivity index (χ1v) is 10.2. The summed E-state index contributed by atoms with van der Waals surface area (Å²) in [6.07, 6.45) is 4.35. The predicted octanol–water partition coefficient (Wildman–Crippen LogP) is 3.42. The fraction of sp³-hybridized carbons (Fsp3) is 0.500. The molecule has 4 rings (SSSR count). The standard InChI is InChI=1S/C22H27FN4O2/c1-22(2)17-13-24-21(25-16-9-11-29-12-10-16)26-19(17)14-27(22)20(28)8-7-15-5-3-4-6-18(15)23/h3-6,13,16H,7-12,14H2,1-2H3,(H,24,25,26). The molecule has 2 aromatic rings. The Morgan fingerprint density at radius 1 is 1.31 bits per heavy atom. The largest absolute Gasteiger partial charge is 0.381 e. The van der Waals surface area contributed by atoms with Crippen molar-refractivity contribution in [3.8, 4) is 0 Å². The summed E-state index contributed by atoms with van der Waals surface area (Å²) in [4.78, 5) is 23.9. The highest BCUT2D eigenvalue weighted by atomic mass is 19.1. The maximum absolute atomic E-state index is 13.9. The molecule has 1 saturated heterocycles. The van der Waals surface area contributed by atoms with E-state index in [0.717, 1.165) is 37.3 Å². The summed E-state index contributed by atoms with van der Waals surface area (Å²) < 4.78 is 19.3. The zero-order valence-corrected chi connectivity index (χ0v) is 16.9. The average Bonchev–Trinajstić information content (AvgIpc) is 2.98. The van der Waals surface area contributed by atoms with E-state index in [1.54, 1.807) is 18.2 Å². The molecule has 0 bridgehead atoms. The molecule has 1 amide bonds. The molecule has 0 saturated carbocycles. The number of amides is 1. The van der Waals surface area contributed by atoms with Gasteiger partial charge in [-0.25, -0.2) is 14.4 Å². The molecule has 0 radical (unpaired) electrons. The highest BCUT2D eigenvalue weighted by Gasteiger charge is 2.41. The highest BCUT2D eigenvalue weighted by Crippen LogP contribution is 2.38. The Kier molecular flexibility index (Phi) is 5.50. The molecule has 0 aliphatic carbocycles. The third kappa shape index (κ3) is 4.10. The number of halogens is 1. The lowest BCUT2D eigenvalue weighted by molar-refractivity contribution is -0.136. The summed E-state index contributed by atoms with van der Waals surface area (Å²) in [7, 11) is 0. The number of rotatable bonds is 5. The fourth-order valence-corrected chi connectivity index (χ4v) is 4.11. The molecule has 3 heterocycles. The average molecular weight is 398 g/mol. The minimum Gasteiger partial charge on any atom is -0.381 e. The molecule has 7 heteroatoms. The van der Waals surface area contributed by atoms with Crippen molar-refractivity contribution in [3.05, 3.63) is 53.1 Å². The van der Waals surface area contributed by atoms with Crippen molar-refractivity contribution in [1.29, 1.82) is 0 Å². The van der Waals surface area contributed by atoms with Crippen molar-refractivity contribution in [2.24, 2.45) is 0 Å². The number of nitrogens with one attached hydrogen (secondary N) is 1. The van der Waals surface area contributed by atoms with Crippen LogP contribution < -0.4 is 5.32 Å². The minimum absolute atomic E-state index is 0.00445. The Balaban J connectivity index is 1.44. The van der Waals surface area contributed by atoms with E-state index in [1.807, 2.05) is 24.9 Å². The molecule has 2 aliphatic rings. The quantitative estimate of drug-likeness (QED) is 0.836. The molecule has 29 heavy (non-hydrogen) atoms. The van der Waals surface area contributed by atoms with E-state index in [4.69, 9.17) is 9.72 Å². The number of carbonyl (C=O) groups is 1. The van der Waals surface area contributed by atoms with Crippen molar-refractivity contribution in [1.82, 2.24) is 14.9 Å². The second kappa shape index (κ2) is 8.06. The van der Waals surface area contributed by atoms with Crippen molar-refractivity contribution in [3.63, 3.8) is 0 Å². The van der Waals surface area contributed by atoms with Gasteiger partial charge in [0.2, 0.25) is 11.9 Å². The molecule has 0 unspecified atom stereocenters. The monoisotopic (exact) mass is 398 g/mol. The molecule has 154 valence electrons. The Labute approximate surface area is 170 Å². The molecule has 0 spiro atoms. The van der Waals surface area contributed by atoms with Crippen LogP contribution >= 0.6 is 0 Å². The van der Waals surface area contributed by atoms with Gasteiger partial charge in [-0.05, 0) is 44.7 Å². The summed E-state index contributed by atoms with van der Waals surface area (Å²) >= 11 is 0. The van der Waals surface area contributed by atoms with Crippen LogP contribution in [0.15, 0.2) is 30.5 Å². The highest BCUT2D eigenvalue weighted by molar-refractivity contribution is 5.78. The second-order valence-electron chi connectivity index (χ2n) is 8.22. The van der Waals surface area contributed by atoms with E-state index in [1.165, 1.54) is 6.07 Å². The molecule has 0 atom stereocenters. The molecule has 1 fully saturated rings. The lowest BCUT2D eigenvalue weighted by atomic mass is 9.96. The first-order valence-electron chi connectivity index (χ1n) is 10.2. The van der Waals surface area contributed by atoms with Gasteiger partial charge in [-0.1, -0.05) is 18.2 Å². The number of ether oxygens (including phenoxy) is 1. The van der Waals surface area contributed by atoms with Gasteiger partial charge < -0.3 is 15.0 Å². The molecule has 6 nitrogen and oxygen atoms in total. The zero-order valence-electron chi connectivity index (χ0n) is 16.9. The number of hydrogen-bond acceptors (Lipinski definition) is 5. The van der Waals surface area contributed by atoms with Gasteiger partial charge >= 0.3 is 0 Å². The van der Waals surface area contributed by atoms with Crippen LogP contribution in [-0.2, 0) is 28.0 Å². The molecular formula is C22H27FN4O2. The third-order valence-corrected chi connectivity index (χ3v) is 5.93. The molecule has 1 N–H and O–H groups in total. The van der Waals surface area contributed by atoms with Crippen molar-refractivity contribution in [2.75, 3.05) is 18.5 Å². The first-order chi connectivity index (χ1) is 13.9. The number of anilines is 1. The topological polar surface area (TPSA) is 67.4 Å². The van der Waals surface area contributed by atoms with Crippen LogP contribution in [0, 0.1) is 5.82 Å². The van der Waals surface area contributed by atoms with Gasteiger partial charge in [-0.3, -0.25) is 4.79 Å². The Morgan fingerprint density at radius 3 is 2.83 bits per heavy atom. The molecular weight excluding hydrogens is 371 g/mol. The maximum Gasteiger partial charge on any atom is 0.223 e. The first kappa shape index (κ1) is 19.8. The van der Waals surface area contributed by atoms with Crippen LogP contribution in [0.4, 0.5) is 10.3 Å². The van der Waals surface area contributed by atoms with Crippen molar-refractivity contribution in [2.45, 2.75) is 57.7 Å². The molecule has 1 aromatic carbocycles. The summed E-state index contributed by atoms with van der Waals surface area (Å²) in [5.74, 6) is 0.335. The number of aromatic nitrogens is 2. The van der Waals surface area contributed by atoms with Gasteiger partial charge in [0, 0.05) is 37.4 Å². The third-order valence-electron chi connectivity index (χ3n) is 5.93. The fourth-order valence-electron chi connectivity index (χ4n) is 4.11. The molecule has 1 aromatic heterocycles. The van der Waals surface area contributed by atoms with Crippen LogP contribution in [-0.4, -0.2) is 40.0 Å². The van der Waals surface area contributed by atoms with Gasteiger partial charge in [-0.15, -0.1) is 0 Å². The Bertz CT molecular complexity index is 896. The van der Waals surface area contributed by atoms with E-state index in [2.05, 4.69) is 10.3 Å². The van der Waals surface area contributed by atoms with Crippen LogP contribution in [0.3, 0.4) is 0 Å². The number of benzene rings is 1. The van der Waals surface area contributed by atoms with Crippen LogP contribution in [0.25, 0.3) is 0 Å². The van der Waals surface area contributed by atoms with Gasteiger partial charge in [0.1, 0.15) is 5.82 Å². The summed E-state index contributed by atoms with van der Waals surface area (Å²) in [5, 5.41) is 3.39. The van der Waals surface area contributed by atoms with Gasteiger partial charge in [0.05, 0.1) is 17.8 Å². The zero-order chi connectivity index (χ0) is 20.4. The number of nitrogens with zero attached hydrogens (tertiary/aromatic N) is 3. The Morgan fingerprint density at radius 2 is 2.07 bits per heavy atom. The van der Waals surface area contributed by atoms with Crippen LogP contribution in [0.5, 0.6) is 0 Å². The van der Waals surface area contributed by atoms with Crippen molar-refractivity contribution >= 4 is 11.9 Å². The lowest BCUT2D eigenvalue weighted by Crippen LogP contribution is -2.40. The van der Waals surface area contributed by atoms with E-state index < -0.39 is 5.54 Å². The second-order valence-corrected chi connectivity index (χ2v) is 8.22. The maximum atomic E-state index is 13.9. The summed E-state index contributed by atoms with van der Waals surface area (Å²) in [6.45, 7) is 5.97. The lowest BCUT2D eigenvalue weighted by Gasteiger charge is -2.32. The predicted molar refractivity (Wildman–Crippen MR) is 108 cm³/mol. The molecule has 2 aliphatic heterocycles. The van der Waals surface area contributed by atoms with E-state index in [-0.39, 0.29) is 18.1 Å². The van der Waals surface area contributed by atoms with Gasteiger partial charge in [0.15, 0.2) is 0 Å². The number of carbonyl (C=O) groups excluding carboxylic acids is 1. The van der Waals surface area contributed by atoms with Crippen LogP contribution in [0.1, 0.15) is 49.9 Å². The normalized spacial score (nSPS) is 18.5. The van der Waals surface area contributed by atoms with Crippen molar-refractivity contribution < 1.29 is 13.9 Å². The number of aryl methyl sites for hydroxylation is 1. The Hall–Kier alpha value is -2.54. The van der Waals surface area contributed by atoms with Gasteiger partial charge in [-0.2, -0.15) is 0 Å². The summed E-state index contributed by atoms with van der Waals surface area (Å²) in [6, 6.07) is 6.92. The van der Waals surface area contributed by atoms with E-state index in [0.29, 0.717) is 30.5 Å². The minimum atomic E-state index is -0.487. The smallest absolute Gasteiger partial charge is 0.223 e. The number of fused-ring (bicyclic) bond motifs is 1. The number of hydrogen-bond donors (Lipinski definition) is 1. The van der Waals surface area contributed by atoms with E-state index >= 15 is 0 Å². The van der Waals surface area contributed by atoms with E-state index in [9.17, 15) is 9.18 Å². The van der Waals surface area contributed by atoms with Gasteiger partial charge in [0.25, 0.3) is 0 Å².